The number of hydrogen-bond donors (Lipinski definition) is 1. The van der Waals surface area contributed by atoms with E-state index >= 15 is 0 Å². The quantitative estimate of drug-likeness (QED) is 0.245. The van der Waals surface area contributed by atoms with Crippen molar-refractivity contribution in [2.45, 2.75) is 119 Å². The van der Waals surface area contributed by atoms with E-state index in [1.807, 2.05) is 72.7 Å². The largest absolute Gasteiger partial charge is 0.508 e. The minimum Gasteiger partial charge on any atom is -0.508 e. The van der Waals surface area contributed by atoms with Gasteiger partial charge in [0.1, 0.15) is 17.1 Å². The molecular formula is C33H54O5. The second kappa shape index (κ2) is 18.7. The van der Waals surface area contributed by atoms with E-state index in [1.165, 1.54) is 11.1 Å². The second-order valence-corrected chi connectivity index (χ2v) is 10.8. The maximum absolute atomic E-state index is 11.2. The van der Waals surface area contributed by atoms with Crippen molar-refractivity contribution in [3.8, 4) is 11.5 Å². The average molecular weight is 531 g/mol. The molecule has 216 valence electrons. The minimum absolute atomic E-state index is 0.0224. The Labute approximate surface area is 232 Å². The molecular weight excluding hydrogens is 476 g/mol. The van der Waals surface area contributed by atoms with Crippen LogP contribution in [0, 0.1) is 5.92 Å². The lowest BCUT2D eigenvalue weighted by Gasteiger charge is -2.21. The summed E-state index contributed by atoms with van der Waals surface area (Å²) in [5.41, 5.74) is 2.31. The van der Waals surface area contributed by atoms with Crippen LogP contribution in [0.2, 0.25) is 0 Å². The lowest BCUT2D eigenvalue weighted by atomic mass is 9.99. The summed E-state index contributed by atoms with van der Waals surface area (Å²) in [4.78, 5) is 11.2. The molecule has 0 radical (unpaired) electrons. The summed E-state index contributed by atoms with van der Waals surface area (Å²) in [6.07, 6.45) is 2.97. The summed E-state index contributed by atoms with van der Waals surface area (Å²) >= 11 is 0. The standard InChI is InChI=1S/C14H22O2.C10H14O.C9H18O2/c1-5-11(3)13-7-9-14(10-8-13)16-12(4)15-6-2;1-3-8(2)9-4-6-10(11)7-5-9;1-6-7(2)8(10)11-9(3,4)5/h7-12H,5-6H2,1-4H3;4-8,11H,3H2,1-2H3;7H,6H2,1-5H3. The molecule has 0 aliphatic heterocycles. The number of rotatable bonds is 10. The molecule has 0 spiro atoms. The van der Waals surface area contributed by atoms with Crippen molar-refractivity contribution >= 4 is 5.97 Å². The monoisotopic (exact) mass is 530 g/mol. The normalized spacial score (nSPS) is 14.0. The average Bonchev–Trinajstić information content (AvgIpc) is 2.88. The molecule has 0 bridgehead atoms. The Hall–Kier alpha value is -2.53. The van der Waals surface area contributed by atoms with Crippen LogP contribution in [0.1, 0.15) is 118 Å². The van der Waals surface area contributed by atoms with E-state index < -0.39 is 0 Å². The van der Waals surface area contributed by atoms with Crippen LogP contribution in [0.5, 0.6) is 11.5 Å². The van der Waals surface area contributed by atoms with Crippen LogP contribution < -0.4 is 4.74 Å². The van der Waals surface area contributed by atoms with E-state index in [1.54, 1.807) is 12.1 Å². The van der Waals surface area contributed by atoms with Crippen LogP contribution >= 0.6 is 0 Å². The van der Waals surface area contributed by atoms with Crippen LogP contribution in [0.15, 0.2) is 48.5 Å². The van der Waals surface area contributed by atoms with Crippen LogP contribution in [-0.4, -0.2) is 29.6 Å². The fraction of sp³-hybridized carbons (Fsp3) is 0.606. The van der Waals surface area contributed by atoms with E-state index in [4.69, 9.17) is 19.3 Å². The molecule has 0 aliphatic rings. The van der Waals surface area contributed by atoms with Gasteiger partial charge in [0.2, 0.25) is 0 Å². The van der Waals surface area contributed by atoms with Gasteiger partial charge in [0.05, 0.1) is 5.92 Å². The number of carbonyl (C=O) groups is 1. The molecule has 4 unspecified atom stereocenters. The molecule has 0 aromatic heterocycles. The predicted molar refractivity (Wildman–Crippen MR) is 159 cm³/mol. The first-order valence-electron chi connectivity index (χ1n) is 14.2. The SMILES string of the molecule is CCC(C)C(=O)OC(C)(C)C.CCC(C)c1ccc(O)cc1.CCOC(C)Oc1ccc(C(C)CC)cc1. The highest BCUT2D eigenvalue weighted by Gasteiger charge is 2.19. The van der Waals surface area contributed by atoms with Gasteiger partial charge in [0.15, 0.2) is 6.29 Å². The zero-order valence-corrected chi connectivity index (χ0v) is 25.8. The van der Waals surface area contributed by atoms with Gasteiger partial charge in [-0.3, -0.25) is 4.79 Å². The van der Waals surface area contributed by atoms with Gasteiger partial charge in [0.25, 0.3) is 0 Å². The number of ether oxygens (including phenoxy) is 3. The van der Waals surface area contributed by atoms with Gasteiger partial charge in [-0.05, 0) is 101 Å². The molecule has 0 aliphatic carbocycles. The number of benzene rings is 2. The molecule has 2 aromatic carbocycles. The molecule has 0 saturated heterocycles. The molecule has 2 rings (SSSR count). The highest BCUT2D eigenvalue weighted by Crippen LogP contribution is 2.22. The van der Waals surface area contributed by atoms with E-state index in [0.29, 0.717) is 24.2 Å². The Balaban J connectivity index is 0.000000557. The molecule has 0 saturated carbocycles. The Morgan fingerprint density at radius 3 is 1.58 bits per heavy atom. The van der Waals surface area contributed by atoms with Gasteiger partial charge < -0.3 is 19.3 Å². The summed E-state index contributed by atoms with van der Waals surface area (Å²) in [7, 11) is 0. The lowest BCUT2D eigenvalue weighted by Crippen LogP contribution is -2.27. The third-order valence-electron chi connectivity index (χ3n) is 6.26. The highest BCUT2D eigenvalue weighted by molar-refractivity contribution is 5.72. The molecule has 1 N–H and O–H groups in total. The van der Waals surface area contributed by atoms with Crippen molar-refractivity contribution in [1.29, 1.82) is 0 Å². The van der Waals surface area contributed by atoms with Crippen molar-refractivity contribution in [2.75, 3.05) is 6.61 Å². The molecule has 4 atom stereocenters. The molecule has 5 heteroatoms. The van der Waals surface area contributed by atoms with Crippen molar-refractivity contribution in [2.24, 2.45) is 5.92 Å². The number of phenols is 1. The fourth-order valence-electron chi connectivity index (χ4n) is 3.18. The van der Waals surface area contributed by atoms with Crippen molar-refractivity contribution in [3.05, 3.63) is 59.7 Å². The molecule has 0 heterocycles. The fourth-order valence-corrected chi connectivity index (χ4v) is 3.18. The molecule has 0 fully saturated rings. The van der Waals surface area contributed by atoms with E-state index in [0.717, 1.165) is 25.0 Å². The first kappa shape index (κ1) is 35.5. The first-order valence-corrected chi connectivity index (χ1v) is 14.2. The van der Waals surface area contributed by atoms with Crippen LogP contribution in [0.4, 0.5) is 0 Å². The Morgan fingerprint density at radius 1 is 0.763 bits per heavy atom. The Bertz CT molecular complexity index is 868. The van der Waals surface area contributed by atoms with E-state index in [2.05, 4.69) is 39.8 Å². The summed E-state index contributed by atoms with van der Waals surface area (Å²) in [5.74, 6) is 2.34. The van der Waals surface area contributed by atoms with E-state index in [-0.39, 0.29) is 23.8 Å². The summed E-state index contributed by atoms with van der Waals surface area (Å²) in [6.45, 7) is 22.8. The van der Waals surface area contributed by atoms with Gasteiger partial charge in [-0.2, -0.15) is 0 Å². The van der Waals surface area contributed by atoms with Gasteiger partial charge in [-0.15, -0.1) is 0 Å². The van der Waals surface area contributed by atoms with Gasteiger partial charge in [0, 0.05) is 6.61 Å². The maximum atomic E-state index is 11.2. The Morgan fingerprint density at radius 2 is 1.21 bits per heavy atom. The third kappa shape index (κ3) is 15.7. The van der Waals surface area contributed by atoms with Crippen molar-refractivity contribution in [1.82, 2.24) is 0 Å². The van der Waals surface area contributed by atoms with E-state index in [9.17, 15) is 4.79 Å². The number of aromatic hydroxyl groups is 1. The van der Waals surface area contributed by atoms with Crippen molar-refractivity contribution in [3.63, 3.8) is 0 Å². The number of carbonyl (C=O) groups excluding carboxylic acids is 1. The van der Waals surface area contributed by atoms with Crippen LogP contribution in [0.3, 0.4) is 0 Å². The third-order valence-corrected chi connectivity index (χ3v) is 6.26. The maximum Gasteiger partial charge on any atom is 0.309 e. The molecule has 0 amide bonds. The topological polar surface area (TPSA) is 65.0 Å². The first-order chi connectivity index (χ1) is 17.8. The predicted octanol–water partition coefficient (Wildman–Crippen LogP) is 9.24. The zero-order valence-electron chi connectivity index (χ0n) is 25.8. The van der Waals surface area contributed by atoms with Gasteiger partial charge >= 0.3 is 5.97 Å². The molecule has 2 aromatic rings. The van der Waals surface area contributed by atoms with Gasteiger partial charge in [-0.1, -0.05) is 65.8 Å². The second-order valence-electron chi connectivity index (χ2n) is 10.8. The van der Waals surface area contributed by atoms with Crippen molar-refractivity contribution < 1.29 is 24.1 Å². The van der Waals surface area contributed by atoms with Crippen LogP contribution in [-0.2, 0) is 14.3 Å². The number of phenolic OH excluding ortho intramolecular Hbond substituents is 1. The van der Waals surface area contributed by atoms with Gasteiger partial charge in [-0.25, -0.2) is 0 Å². The summed E-state index contributed by atoms with van der Waals surface area (Å²) in [6, 6.07) is 15.7. The van der Waals surface area contributed by atoms with Crippen LogP contribution in [0.25, 0.3) is 0 Å². The molecule has 5 nitrogen and oxygen atoms in total. The summed E-state index contributed by atoms with van der Waals surface area (Å²) < 4.78 is 16.1. The summed E-state index contributed by atoms with van der Waals surface area (Å²) in [5, 5.41) is 9.01. The highest BCUT2D eigenvalue weighted by atomic mass is 16.7. The Kier molecular flexibility index (Phi) is 17.4. The lowest BCUT2D eigenvalue weighted by molar-refractivity contribution is -0.159. The number of esters is 1. The molecule has 38 heavy (non-hydrogen) atoms. The zero-order chi connectivity index (χ0) is 29.3. The smallest absolute Gasteiger partial charge is 0.309 e. The minimum atomic E-state index is -0.347. The number of hydrogen-bond acceptors (Lipinski definition) is 5.